The number of hydrogen-bond acceptors (Lipinski definition) is 2. The predicted molar refractivity (Wildman–Crippen MR) is 82.7 cm³/mol. The van der Waals surface area contributed by atoms with Crippen LogP contribution in [0.15, 0.2) is 24.3 Å². The van der Waals surface area contributed by atoms with Crippen molar-refractivity contribution in [1.82, 2.24) is 5.32 Å². The Labute approximate surface area is 118 Å². The third-order valence-electron chi connectivity index (χ3n) is 3.85. The first-order chi connectivity index (χ1) is 9.21. The molecular formula is C17H29NO. The lowest BCUT2D eigenvalue weighted by Gasteiger charge is -2.20. The Morgan fingerprint density at radius 2 is 2.05 bits per heavy atom. The van der Waals surface area contributed by atoms with Crippen LogP contribution in [0, 0.1) is 5.92 Å². The quantitative estimate of drug-likeness (QED) is 0.705. The minimum atomic E-state index is 0.380. The van der Waals surface area contributed by atoms with Crippen LogP contribution in [0.1, 0.15) is 58.1 Å². The van der Waals surface area contributed by atoms with Gasteiger partial charge in [-0.3, -0.25) is 0 Å². The molecule has 1 N–H and O–H groups in total. The van der Waals surface area contributed by atoms with Gasteiger partial charge in [-0.25, -0.2) is 0 Å². The summed E-state index contributed by atoms with van der Waals surface area (Å²) in [6.07, 6.45) is 5.23. The van der Waals surface area contributed by atoms with E-state index >= 15 is 0 Å². The second-order valence-corrected chi connectivity index (χ2v) is 5.32. The van der Waals surface area contributed by atoms with Gasteiger partial charge >= 0.3 is 0 Å². The normalized spacial score (nSPS) is 14.1. The van der Waals surface area contributed by atoms with Crippen molar-refractivity contribution in [3.63, 3.8) is 0 Å². The van der Waals surface area contributed by atoms with Crippen LogP contribution < -0.4 is 10.1 Å². The van der Waals surface area contributed by atoms with Gasteiger partial charge in [0.25, 0.3) is 0 Å². The van der Waals surface area contributed by atoms with Crippen LogP contribution in [0.2, 0.25) is 0 Å². The van der Waals surface area contributed by atoms with Gasteiger partial charge in [-0.1, -0.05) is 45.2 Å². The van der Waals surface area contributed by atoms with Crippen LogP contribution in [0.3, 0.4) is 0 Å². The lowest BCUT2D eigenvalue weighted by molar-refractivity contribution is 0.395. The second-order valence-electron chi connectivity index (χ2n) is 5.32. The lowest BCUT2D eigenvalue weighted by Crippen LogP contribution is -2.25. The molecule has 0 saturated heterocycles. The Hall–Kier alpha value is -1.02. The van der Waals surface area contributed by atoms with Gasteiger partial charge in [0.1, 0.15) is 5.75 Å². The van der Waals surface area contributed by atoms with E-state index in [2.05, 4.69) is 44.3 Å². The fourth-order valence-corrected chi connectivity index (χ4v) is 2.32. The molecule has 1 rings (SSSR count). The monoisotopic (exact) mass is 263 g/mol. The average Bonchev–Trinajstić information content (AvgIpc) is 2.47. The number of unbranched alkanes of at least 4 members (excludes halogenated alkanes) is 1. The van der Waals surface area contributed by atoms with E-state index in [1.54, 1.807) is 7.11 Å². The summed E-state index contributed by atoms with van der Waals surface area (Å²) < 4.78 is 5.28. The molecule has 0 heterocycles. The molecule has 2 heteroatoms. The highest BCUT2D eigenvalue weighted by Gasteiger charge is 2.10. The SMILES string of the molecule is CCCCC(CC)CNC(C)c1cccc(OC)c1. The highest BCUT2D eigenvalue weighted by Crippen LogP contribution is 2.20. The van der Waals surface area contributed by atoms with Gasteiger partial charge in [-0.05, 0) is 43.5 Å². The van der Waals surface area contributed by atoms with Crippen LogP contribution in [0.4, 0.5) is 0 Å². The maximum Gasteiger partial charge on any atom is 0.119 e. The van der Waals surface area contributed by atoms with Crippen molar-refractivity contribution in [3.05, 3.63) is 29.8 Å². The van der Waals surface area contributed by atoms with Crippen molar-refractivity contribution in [2.24, 2.45) is 5.92 Å². The highest BCUT2D eigenvalue weighted by molar-refractivity contribution is 5.30. The summed E-state index contributed by atoms with van der Waals surface area (Å²) in [5.41, 5.74) is 1.30. The van der Waals surface area contributed by atoms with Crippen molar-refractivity contribution in [2.75, 3.05) is 13.7 Å². The van der Waals surface area contributed by atoms with E-state index in [0.717, 1.165) is 18.2 Å². The molecule has 2 atom stereocenters. The van der Waals surface area contributed by atoms with Gasteiger partial charge in [0, 0.05) is 6.04 Å². The Kier molecular flexibility index (Phi) is 7.57. The summed E-state index contributed by atoms with van der Waals surface area (Å²) >= 11 is 0. The van der Waals surface area contributed by atoms with Gasteiger partial charge < -0.3 is 10.1 Å². The molecule has 0 spiro atoms. The summed E-state index contributed by atoms with van der Waals surface area (Å²) in [5.74, 6) is 1.73. The van der Waals surface area contributed by atoms with E-state index in [1.807, 2.05) is 6.07 Å². The number of hydrogen-bond donors (Lipinski definition) is 1. The van der Waals surface area contributed by atoms with E-state index in [-0.39, 0.29) is 0 Å². The zero-order valence-electron chi connectivity index (χ0n) is 12.9. The molecule has 0 amide bonds. The standard InChI is InChI=1S/C17H29NO/c1-5-7-9-15(6-2)13-18-14(3)16-10-8-11-17(12-16)19-4/h8,10-12,14-15,18H,5-7,9,13H2,1-4H3. The van der Waals surface area contributed by atoms with Crippen LogP contribution in [0.5, 0.6) is 5.75 Å². The Bertz CT molecular complexity index is 351. The molecule has 0 bridgehead atoms. The molecule has 0 aliphatic heterocycles. The molecule has 0 radical (unpaired) electrons. The Balaban J connectivity index is 2.46. The maximum atomic E-state index is 5.28. The van der Waals surface area contributed by atoms with E-state index in [9.17, 15) is 0 Å². The molecule has 0 aromatic heterocycles. The molecular weight excluding hydrogens is 234 g/mol. The molecule has 2 unspecified atom stereocenters. The number of ether oxygens (including phenoxy) is 1. The number of benzene rings is 1. The van der Waals surface area contributed by atoms with Gasteiger partial charge in [0.05, 0.1) is 7.11 Å². The minimum Gasteiger partial charge on any atom is -0.497 e. The molecule has 1 aromatic carbocycles. The maximum absolute atomic E-state index is 5.28. The van der Waals surface area contributed by atoms with E-state index in [4.69, 9.17) is 4.74 Å². The third-order valence-corrected chi connectivity index (χ3v) is 3.85. The Morgan fingerprint density at radius 3 is 2.68 bits per heavy atom. The van der Waals surface area contributed by atoms with E-state index < -0.39 is 0 Å². The average molecular weight is 263 g/mol. The summed E-state index contributed by atoms with van der Waals surface area (Å²) in [5, 5.41) is 3.65. The van der Waals surface area contributed by atoms with Crippen LogP contribution in [0.25, 0.3) is 0 Å². The lowest BCUT2D eigenvalue weighted by atomic mass is 9.98. The third kappa shape index (κ3) is 5.65. The van der Waals surface area contributed by atoms with Gasteiger partial charge in [0.15, 0.2) is 0 Å². The van der Waals surface area contributed by atoms with Crippen molar-refractivity contribution in [2.45, 2.75) is 52.5 Å². The molecule has 2 nitrogen and oxygen atoms in total. The number of methoxy groups -OCH3 is 1. The van der Waals surface area contributed by atoms with E-state index in [1.165, 1.54) is 31.2 Å². The molecule has 1 aromatic rings. The van der Waals surface area contributed by atoms with Crippen LogP contribution in [-0.4, -0.2) is 13.7 Å². The highest BCUT2D eigenvalue weighted by atomic mass is 16.5. The smallest absolute Gasteiger partial charge is 0.119 e. The first-order valence-corrected chi connectivity index (χ1v) is 7.58. The summed E-state index contributed by atoms with van der Waals surface area (Å²) in [7, 11) is 1.72. The zero-order chi connectivity index (χ0) is 14.1. The fraction of sp³-hybridized carbons (Fsp3) is 0.647. The molecule has 0 aliphatic rings. The van der Waals surface area contributed by atoms with Crippen molar-refractivity contribution >= 4 is 0 Å². The van der Waals surface area contributed by atoms with Crippen molar-refractivity contribution < 1.29 is 4.74 Å². The van der Waals surface area contributed by atoms with Crippen molar-refractivity contribution in [3.8, 4) is 5.75 Å². The molecule has 0 aliphatic carbocycles. The fourth-order valence-electron chi connectivity index (χ4n) is 2.32. The largest absolute Gasteiger partial charge is 0.497 e. The zero-order valence-corrected chi connectivity index (χ0v) is 12.9. The number of nitrogens with one attached hydrogen (secondary N) is 1. The number of rotatable bonds is 9. The van der Waals surface area contributed by atoms with Gasteiger partial charge in [0.2, 0.25) is 0 Å². The molecule has 0 fully saturated rings. The van der Waals surface area contributed by atoms with Gasteiger partial charge in [-0.2, -0.15) is 0 Å². The second kappa shape index (κ2) is 8.98. The van der Waals surface area contributed by atoms with E-state index in [0.29, 0.717) is 6.04 Å². The van der Waals surface area contributed by atoms with Crippen molar-refractivity contribution in [1.29, 1.82) is 0 Å². The summed E-state index contributed by atoms with van der Waals surface area (Å²) in [6, 6.07) is 8.70. The summed E-state index contributed by atoms with van der Waals surface area (Å²) in [6.45, 7) is 7.88. The van der Waals surface area contributed by atoms with Crippen LogP contribution >= 0.6 is 0 Å². The summed E-state index contributed by atoms with van der Waals surface area (Å²) in [4.78, 5) is 0. The predicted octanol–water partition coefficient (Wildman–Crippen LogP) is 4.56. The molecule has 108 valence electrons. The Morgan fingerprint density at radius 1 is 1.26 bits per heavy atom. The first-order valence-electron chi connectivity index (χ1n) is 7.58. The molecule has 19 heavy (non-hydrogen) atoms. The minimum absolute atomic E-state index is 0.380. The first kappa shape index (κ1) is 16.0. The topological polar surface area (TPSA) is 21.3 Å². The van der Waals surface area contributed by atoms with Gasteiger partial charge in [-0.15, -0.1) is 0 Å². The molecule has 0 saturated carbocycles. The van der Waals surface area contributed by atoms with Crippen LogP contribution in [-0.2, 0) is 0 Å².